The Kier molecular flexibility index (Phi) is 34.3. The summed E-state index contributed by atoms with van der Waals surface area (Å²) in [4.78, 5) is 52.1. The number of hydroxylamine groups is 2. The van der Waals surface area contributed by atoms with E-state index in [9.17, 15) is 19.2 Å². The minimum atomic E-state index is -1.05. The molecule has 1 aliphatic heterocycles. The molecule has 0 saturated carbocycles. The zero-order valence-corrected chi connectivity index (χ0v) is 34.3. The molecular weight excluding hydrogens is 751 g/mol. The van der Waals surface area contributed by atoms with E-state index >= 15 is 0 Å². The van der Waals surface area contributed by atoms with Crippen molar-refractivity contribution in [3.63, 3.8) is 0 Å². The number of carbonyl (C=O) groups is 4. The predicted octanol–water partition coefficient (Wildman–Crippen LogP) is 4.79. The lowest BCUT2D eigenvalue weighted by Gasteiger charge is -2.20. The van der Waals surface area contributed by atoms with E-state index in [0.29, 0.717) is 135 Å². The van der Waals surface area contributed by atoms with E-state index in [4.69, 9.17) is 52.2 Å². The fourth-order valence-electron chi connectivity index (χ4n) is 4.57. The maximum Gasteiger partial charge on any atom is 0.533 e. The van der Waals surface area contributed by atoms with Crippen LogP contribution in [0.15, 0.2) is 0 Å². The Morgan fingerprint density at radius 1 is 0.556 bits per heavy atom. The van der Waals surface area contributed by atoms with Crippen molar-refractivity contribution in [2.45, 2.75) is 88.6 Å². The lowest BCUT2D eigenvalue weighted by atomic mass is 10.2. The molecule has 1 heterocycles. The van der Waals surface area contributed by atoms with Crippen molar-refractivity contribution in [1.82, 2.24) is 5.06 Å². The van der Waals surface area contributed by atoms with Crippen LogP contribution in [0.1, 0.15) is 78.1 Å². The Bertz CT molecular complexity index is 936. The van der Waals surface area contributed by atoms with Crippen molar-refractivity contribution < 1.29 is 71.4 Å². The van der Waals surface area contributed by atoms with Crippen molar-refractivity contribution >= 4 is 45.5 Å². The normalized spacial score (nSPS) is 14.1. The van der Waals surface area contributed by atoms with E-state index in [2.05, 4.69) is 13.8 Å². The summed E-state index contributed by atoms with van der Waals surface area (Å²) in [6.07, 6.45) is 5.16. The number of nitrogens with zero attached hydrogens (tertiary/aromatic N) is 1. The number of imide groups is 1. The van der Waals surface area contributed by atoms with Crippen LogP contribution in [0.25, 0.3) is 0 Å². The van der Waals surface area contributed by atoms with E-state index in [1.165, 1.54) is 0 Å². The lowest BCUT2D eigenvalue weighted by molar-refractivity contribution is -0.177. The molecule has 1 rings (SSSR count). The summed E-state index contributed by atoms with van der Waals surface area (Å²) >= 11 is 0. The summed E-state index contributed by atoms with van der Waals surface area (Å²) in [6.45, 7) is 12.2. The SMILES string of the molecule is CCCC(CCOC(=O)CCCOCCOCCOCCOCCOCCOCCOCCOC)SSC(CCC)CCOC(=O)ON1C(=O)CCC1=O. The van der Waals surface area contributed by atoms with Gasteiger partial charge in [0.1, 0.15) is 0 Å². The smallest absolute Gasteiger partial charge is 0.466 e. The Hall–Kier alpha value is -1.74. The Morgan fingerprint density at radius 3 is 1.35 bits per heavy atom. The third-order valence-corrected chi connectivity index (χ3v) is 11.0. The highest BCUT2D eigenvalue weighted by molar-refractivity contribution is 8.77. The van der Waals surface area contributed by atoms with E-state index in [-0.39, 0.29) is 30.7 Å². The molecule has 0 bridgehead atoms. The highest BCUT2D eigenvalue weighted by Crippen LogP contribution is 2.38. The fraction of sp³-hybridized carbons (Fsp3) is 0.889. The average molecular weight is 816 g/mol. The van der Waals surface area contributed by atoms with Crippen LogP contribution in [-0.4, -0.2) is 159 Å². The Balaban J connectivity index is 1.95. The first-order chi connectivity index (χ1) is 26.4. The number of esters is 1. The summed E-state index contributed by atoms with van der Waals surface area (Å²) < 4.78 is 53.7. The Labute approximate surface area is 329 Å². The number of hydrogen-bond donors (Lipinski definition) is 0. The van der Waals surface area contributed by atoms with Crippen molar-refractivity contribution in [3.05, 3.63) is 0 Å². The molecule has 316 valence electrons. The third-order valence-electron chi connectivity index (χ3n) is 7.42. The van der Waals surface area contributed by atoms with Gasteiger partial charge in [-0.25, -0.2) is 4.79 Å². The van der Waals surface area contributed by atoms with Gasteiger partial charge >= 0.3 is 12.1 Å². The van der Waals surface area contributed by atoms with Crippen molar-refractivity contribution in [2.24, 2.45) is 0 Å². The van der Waals surface area contributed by atoms with Crippen LogP contribution in [0.2, 0.25) is 0 Å². The third kappa shape index (κ3) is 29.5. The first kappa shape index (κ1) is 50.3. The number of carbonyl (C=O) groups excluding carboxylic acids is 4. The maximum atomic E-state index is 12.2. The molecule has 0 radical (unpaired) electrons. The summed E-state index contributed by atoms with van der Waals surface area (Å²) in [5.74, 6) is -1.32. The largest absolute Gasteiger partial charge is 0.533 e. The number of rotatable bonds is 39. The van der Waals surface area contributed by atoms with Crippen LogP contribution >= 0.6 is 21.6 Å². The van der Waals surface area contributed by atoms with Crippen LogP contribution in [0.4, 0.5) is 4.79 Å². The second-order valence-corrected chi connectivity index (χ2v) is 14.8. The van der Waals surface area contributed by atoms with Crippen molar-refractivity contribution in [3.8, 4) is 0 Å². The highest BCUT2D eigenvalue weighted by atomic mass is 33.1. The second-order valence-electron chi connectivity index (χ2n) is 12.0. The molecule has 1 aliphatic rings. The van der Waals surface area contributed by atoms with Gasteiger partial charge in [0, 0.05) is 43.5 Å². The molecule has 18 heteroatoms. The van der Waals surface area contributed by atoms with Gasteiger partial charge in [0.05, 0.1) is 106 Å². The van der Waals surface area contributed by atoms with Gasteiger partial charge in [-0.1, -0.05) is 53.3 Å². The highest BCUT2D eigenvalue weighted by Gasteiger charge is 2.33. The quantitative estimate of drug-likeness (QED) is 0.0358. The maximum absolute atomic E-state index is 12.2. The lowest BCUT2D eigenvalue weighted by Crippen LogP contribution is -2.32. The van der Waals surface area contributed by atoms with Gasteiger partial charge in [-0.15, -0.1) is 0 Å². The monoisotopic (exact) mass is 815 g/mol. The molecule has 0 aromatic heterocycles. The minimum Gasteiger partial charge on any atom is -0.466 e. The molecule has 0 aromatic carbocycles. The first-order valence-electron chi connectivity index (χ1n) is 19.1. The molecular formula is C36H65NO15S2. The van der Waals surface area contributed by atoms with E-state index in [0.717, 1.165) is 32.1 Å². The molecule has 0 aromatic rings. The molecule has 1 fully saturated rings. The average Bonchev–Trinajstić information content (AvgIpc) is 3.47. The van der Waals surface area contributed by atoms with Crippen LogP contribution in [0.5, 0.6) is 0 Å². The predicted molar refractivity (Wildman–Crippen MR) is 203 cm³/mol. The van der Waals surface area contributed by atoms with Gasteiger partial charge < -0.3 is 47.4 Å². The topological polar surface area (TPSA) is 173 Å². The van der Waals surface area contributed by atoms with E-state index in [1.807, 2.05) is 0 Å². The fourth-order valence-corrected chi connectivity index (χ4v) is 8.03. The molecule has 54 heavy (non-hydrogen) atoms. The molecule has 0 aliphatic carbocycles. The van der Waals surface area contributed by atoms with Gasteiger partial charge in [0.15, 0.2) is 0 Å². The van der Waals surface area contributed by atoms with E-state index in [1.54, 1.807) is 28.7 Å². The summed E-state index contributed by atoms with van der Waals surface area (Å²) in [7, 11) is 5.16. The van der Waals surface area contributed by atoms with Crippen LogP contribution < -0.4 is 0 Å². The van der Waals surface area contributed by atoms with E-state index < -0.39 is 18.0 Å². The van der Waals surface area contributed by atoms with Gasteiger partial charge in [-0.3, -0.25) is 19.2 Å². The number of ether oxygens (including phenoxy) is 10. The summed E-state index contributed by atoms with van der Waals surface area (Å²) in [6, 6.07) is 0. The zero-order valence-electron chi connectivity index (χ0n) is 32.6. The standard InChI is InChI=1S/C36H65NO15S2/c1-4-7-31(53-54-32(8-5-2)13-16-51-36(41)52-37-33(38)10-11-34(37)39)12-15-50-35(40)9-6-14-43-19-20-45-23-24-47-27-28-49-30-29-48-26-25-46-22-21-44-18-17-42-3/h31-32H,4-30H2,1-3H3. The molecule has 0 spiro atoms. The van der Waals surface area contributed by atoms with Crippen LogP contribution in [0.3, 0.4) is 0 Å². The Morgan fingerprint density at radius 2 is 0.944 bits per heavy atom. The van der Waals surface area contributed by atoms with Gasteiger partial charge in [0.25, 0.3) is 11.8 Å². The molecule has 16 nitrogen and oxygen atoms in total. The van der Waals surface area contributed by atoms with Gasteiger partial charge in [-0.05, 0) is 32.1 Å². The van der Waals surface area contributed by atoms with Crippen LogP contribution in [-0.2, 0) is 66.6 Å². The second kappa shape index (κ2) is 36.9. The summed E-state index contributed by atoms with van der Waals surface area (Å²) in [5.41, 5.74) is 0. The van der Waals surface area contributed by atoms with Crippen molar-refractivity contribution in [2.75, 3.05) is 119 Å². The zero-order chi connectivity index (χ0) is 39.3. The van der Waals surface area contributed by atoms with Crippen molar-refractivity contribution in [1.29, 1.82) is 0 Å². The van der Waals surface area contributed by atoms with Gasteiger partial charge in [0.2, 0.25) is 0 Å². The summed E-state index contributed by atoms with van der Waals surface area (Å²) in [5, 5.41) is 1.04. The number of hydrogen-bond acceptors (Lipinski definition) is 17. The van der Waals surface area contributed by atoms with Crippen LogP contribution in [0, 0.1) is 0 Å². The molecule has 2 atom stereocenters. The minimum absolute atomic E-state index is 0.0317. The molecule has 2 amide bonds. The first-order valence-corrected chi connectivity index (χ1v) is 21.4. The number of methoxy groups -OCH3 is 1. The molecule has 2 unspecified atom stereocenters. The molecule has 1 saturated heterocycles. The number of amides is 2. The van der Waals surface area contributed by atoms with Gasteiger partial charge in [-0.2, -0.15) is 0 Å². The molecule has 0 N–H and O–H groups in total.